The number of anilines is 1. The van der Waals surface area contributed by atoms with Crippen molar-refractivity contribution < 1.29 is 4.79 Å². The van der Waals surface area contributed by atoms with Gasteiger partial charge in [0.2, 0.25) is 5.91 Å². The van der Waals surface area contributed by atoms with Crippen LogP contribution in [0.15, 0.2) is 30.7 Å². The van der Waals surface area contributed by atoms with Crippen LogP contribution in [0.4, 0.5) is 5.69 Å². The third-order valence-electron chi connectivity index (χ3n) is 3.30. The normalized spacial score (nSPS) is 12.5. The Balaban J connectivity index is 0.00000220. The number of carbonyl (C=O) groups is 1. The molecule has 2 atom stereocenters. The molecule has 2 unspecified atom stereocenters. The molecule has 0 fully saturated rings. The maximum Gasteiger partial charge on any atom is 0.228 e. The second-order valence-corrected chi connectivity index (χ2v) is 4.86. The maximum atomic E-state index is 12.1. The van der Waals surface area contributed by atoms with Crippen LogP contribution >= 0.6 is 24.8 Å². The summed E-state index contributed by atoms with van der Waals surface area (Å²) in [6, 6.07) is 3.39. The van der Waals surface area contributed by atoms with Crippen molar-refractivity contribution in [1.82, 2.24) is 14.5 Å². The highest BCUT2D eigenvalue weighted by Gasteiger charge is 2.19. The molecular formula is C14H21Cl2N5O. The molecule has 2 aromatic heterocycles. The zero-order valence-corrected chi connectivity index (χ0v) is 14.3. The number of halogens is 2. The Hall–Kier alpha value is -1.63. The third-order valence-corrected chi connectivity index (χ3v) is 3.30. The maximum absolute atomic E-state index is 12.1. The van der Waals surface area contributed by atoms with E-state index in [1.54, 1.807) is 25.4 Å². The number of imidazole rings is 1. The number of aromatic nitrogens is 3. The van der Waals surface area contributed by atoms with Crippen molar-refractivity contribution in [2.24, 2.45) is 11.7 Å². The van der Waals surface area contributed by atoms with Gasteiger partial charge in [-0.15, -0.1) is 24.8 Å². The Morgan fingerprint density at radius 2 is 1.95 bits per heavy atom. The molecule has 1 amide bonds. The van der Waals surface area contributed by atoms with Crippen LogP contribution in [0.3, 0.4) is 0 Å². The molecule has 0 spiro atoms. The van der Waals surface area contributed by atoms with Gasteiger partial charge in [-0.3, -0.25) is 9.36 Å². The summed E-state index contributed by atoms with van der Waals surface area (Å²) in [7, 11) is 0. The highest BCUT2D eigenvalue weighted by atomic mass is 35.5. The van der Waals surface area contributed by atoms with Crippen LogP contribution in [0.1, 0.15) is 19.7 Å². The molecule has 0 aliphatic carbocycles. The fourth-order valence-corrected chi connectivity index (χ4v) is 1.77. The standard InChI is InChI=1S/C14H19N5O.2ClH/c1-9(10(2)15)14(20)18-12-5-4-6-17-13(12)19-8-7-16-11(19)3;;/h4-10H,15H2,1-3H3,(H,18,20);2*1H. The van der Waals surface area contributed by atoms with Gasteiger partial charge in [0.15, 0.2) is 5.82 Å². The van der Waals surface area contributed by atoms with Gasteiger partial charge >= 0.3 is 0 Å². The molecule has 0 bridgehead atoms. The Morgan fingerprint density at radius 1 is 1.27 bits per heavy atom. The summed E-state index contributed by atoms with van der Waals surface area (Å²) in [6.45, 7) is 5.50. The average molecular weight is 346 g/mol. The van der Waals surface area contributed by atoms with E-state index < -0.39 is 0 Å². The lowest BCUT2D eigenvalue weighted by atomic mass is 10.0. The minimum Gasteiger partial charge on any atom is -0.327 e. The molecule has 8 heteroatoms. The molecule has 2 heterocycles. The van der Waals surface area contributed by atoms with E-state index in [-0.39, 0.29) is 42.7 Å². The fraction of sp³-hybridized carbons (Fsp3) is 0.357. The molecule has 6 nitrogen and oxygen atoms in total. The Labute approximate surface area is 142 Å². The van der Waals surface area contributed by atoms with Gasteiger partial charge in [-0.25, -0.2) is 9.97 Å². The Morgan fingerprint density at radius 3 is 2.50 bits per heavy atom. The summed E-state index contributed by atoms with van der Waals surface area (Å²) in [6.07, 6.45) is 5.18. The van der Waals surface area contributed by atoms with Gasteiger partial charge in [-0.1, -0.05) is 6.92 Å². The van der Waals surface area contributed by atoms with E-state index in [0.717, 1.165) is 5.82 Å². The lowest BCUT2D eigenvalue weighted by molar-refractivity contribution is -0.119. The summed E-state index contributed by atoms with van der Waals surface area (Å²) in [5.41, 5.74) is 6.40. The van der Waals surface area contributed by atoms with Crippen LogP contribution in [0.5, 0.6) is 0 Å². The number of nitrogens with zero attached hydrogens (tertiary/aromatic N) is 3. The average Bonchev–Trinajstić information content (AvgIpc) is 2.84. The van der Waals surface area contributed by atoms with Crippen molar-refractivity contribution >= 4 is 36.4 Å². The first kappa shape index (κ1) is 20.4. The predicted octanol–water partition coefficient (Wildman–Crippen LogP) is 2.34. The van der Waals surface area contributed by atoms with Gasteiger partial charge in [-0.2, -0.15) is 0 Å². The molecule has 3 N–H and O–H groups in total. The van der Waals surface area contributed by atoms with Crippen molar-refractivity contribution in [2.45, 2.75) is 26.8 Å². The van der Waals surface area contributed by atoms with Crippen molar-refractivity contribution in [3.05, 3.63) is 36.5 Å². The van der Waals surface area contributed by atoms with Crippen LogP contribution in [0, 0.1) is 12.8 Å². The molecule has 122 valence electrons. The van der Waals surface area contributed by atoms with Crippen LogP contribution in [-0.4, -0.2) is 26.5 Å². The molecule has 0 aliphatic rings. The number of rotatable bonds is 4. The number of aryl methyl sites for hydroxylation is 1. The number of amides is 1. The third kappa shape index (κ3) is 4.43. The SMILES string of the molecule is Cc1nccn1-c1ncccc1NC(=O)C(C)C(C)N.Cl.Cl. The Kier molecular flexibility index (Phi) is 8.08. The lowest BCUT2D eigenvalue weighted by Crippen LogP contribution is -2.34. The number of nitrogens with two attached hydrogens (primary N) is 1. The number of hydrogen-bond acceptors (Lipinski definition) is 4. The van der Waals surface area contributed by atoms with E-state index in [2.05, 4.69) is 15.3 Å². The summed E-state index contributed by atoms with van der Waals surface area (Å²) >= 11 is 0. The quantitative estimate of drug-likeness (QED) is 0.890. The molecule has 2 rings (SSSR count). The van der Waals surface area contributed by atoms with E-state index in [1.807, 2.05) is 30.7 Å². The van der Waals surface area contributed by atoms with Gasteiger partial charge in [0.1, 0.15) is 5.82 Å². The largest absolute Gasteiger partial charge is 0.327 e. The molecule has 2 aromatic rings. The van der Waals surface area contributed by atoms with E-state index in [9.17, 15) is 4.79 Å². The molecule has 0 radical (unpaired) electrons. The topological polar surface area (TPSA) is 85.8 Å². The van der Waals surface area contributed by atoms with Crippen LogP contribution in [0.2, 0.25) is 0 Å². The van der Waals surface area contributed by atoms with Gasteiger partial charge < -0.3 is 11.1 Å². The van der Waals surface area contributed by atoms with E-state index >= 15 is 0 Å². The first-order chi connectivity index (χ1) is 9.50. The summed E-state index contributed by atoms with van der Waals surface area (Å²) in [5, 5.41) is 2.88. The lowest BCUT2D eigenvalue weighted by Gasteiger charge is -2.17. The molecule has 0 aromatic carbocycles. The minimum absolute atomic E-state index is 0. The first-order valence-electron chi connectivity index (χ1n) is 6.52. The number of pyridine rings is 1. The van der Waals surface area contributed by atoms with Gasteiger partial charge in [-0.05, 0) is 26.0 Å². The highest BCUT2D eigenvalue weighted by molar-refractivity contribution is 5.94. The summed E-state index contributed by atoms with van der Waals surface area (Å²) in [4.78, 5) is 20.6. The zero-order chi connectivity index (χ0) is 14.7. The molecule has 0 aliphatic heterocycles. The van der Waals surface area contributed by atoms with Crippen molar-refractivity contribution in [3.63, 3.8) is 0 Å². The minimum atomic E-state index is -0.271. The van der Waals surface area contributed by atoms with Crippen molar-refractivity contribution in [2.75, 3.05) is 5.32 Å². The fourth-order valence-electron chi connectivity index (χ4n) is 1.77. The summed E-state index contributed by atoms with van der Waals surface area (Å²) in [5.74, 6) is 1.06. The predicted molar refractivity (Wildman–Crippen MR) is 92.0 cm³/mol. The molecule has 22 heavy (non-hydrogen) atoms. The molecule has 0 saturated heterocycles. The van der Waals surface area contributed by atoms with Crippen LogP contribution in [0.25, 0.3) is 5.82 Å². The Bertz CT molecular complexity index is 615. The first-order valence-corrected chi connectivity index (χ1v) is 6.52. The van der Waals surface area contributed by atoms with Gasteiger partial charge in [0.05, 0.1) is 11.6 Å². The van der Waals surface area contributed by atoms with E-state index in [1.165, 1.54) is 0 Å². The summed E-state index contributed by atoms with van der Waals surface area (Å²) < 4.78 is 1.83. The monoisotopic (exact) mass is 345 g/mol. The molecular weight excluding hydrogens is 325 g/mol. The zero-order valence-electron chi connectivity index (χ0n) is 12.7. The number of nitrogens with one attached hydrogen (secondary N) is 1. The second kappa shape index (κ2) is 8.73. The highest BCUT2D eigenvalue weighted by Crippen LogP contribution is 2.19. The van der Waals surface area contributed by atoms with Crippen LogP contribution < -0.4 is 11.1 Å². The van der Waals surface area contributed by atoms with Gasteiger partial charge in [0.25, 0.3) is 0 Å². The van der Waals surface area contributed by atoms with E-state index in [0.29, 0.717) is 11.5 Å². The smallest absolute Gasteiger partial charge is 0.228 e. The van der Waals surface area contributed by atoms with Crippen molar-refractivity contribution in [1.29, 1.82) is 0 Å². The number of hydrogen-bond donors (Lipinski definition) is 2. The van der Waals surface area contributed by atoms with Gasteiger partial charge in [0, 0.05) is 24.6 Å². The van der Waals surface area contributed by atoms with E-state index in [4.69, 9.17) is 5.73 Å². The van der Waals surface area contributed by atoms with Crippen molar-refractivity contribution in [3.8, 4) is 5.82 Å². The second-order valence-electron chi connectivity index (χ2n) is 4.86. The molecule has 0 saturated carbocycles. The van der Waals surface area contributed by atoms with Crippen LogP contribution in [-0.2, 0) is 4.79 Å². The number of carbonyl (C=O) groups excluding carboxylic acids is 1.